The normalized spacial score (nSPS) is 13.9. The van der Waals surface area contributed by atoms with E-state index in [2.05, 4.69) is 0 Å². The molecular weight excluding hydrogens is 200 g/mol. The van der Waals surface area contributed by atoms with Gasteiger partial charge in [0.15, 0.2) is 0 Å². The van der Waals surface area contributed by atoms with Crippen molar-refractivity contribution in [3.63, 3.8) is 0 Å². The minimum absolute atomic E-state index is 0.554. The van der Waals surface area contributed by atoms with Gasteiger partial charge in [-0.25, -0.2) is 0 Å². The van der Waals surface area contributed by atoms with E-state index in [0.29, 0.717) is 12.8 Å². The molecular formula is C14H22O2. The Hall–Kier alpha value is -0.860. The average Bonchev–Trinajstić information content (AvgIpc) is 2.27. The van der Waals surface area contributed by atoms with E-state index in [0.717, 1.165) is 11.1 Å². The minimum Gasteiger partial charge on any atom is -0.387 e. The van der Waals surface area contributed by atoms with Gasteiger partial charge in [-0.1, -0.05) is 37.6 Å². The molecule has 0 spiro atoms. The van der Waals surface area contributed by atoms with E-state index in [-0.39, 0.29) is 0 Å². The van der Waals surface area contributed by atoms with Gasteiger partial charge >= 0.3 is 0 Å². The second-order valence-electron chi connectivity index (χ2n) is 4.57. The zero-order valence-electron chi connectivity index (χ0n) is 10.6. The number of aryl methyl sites for hydroxylation is 2. The van der Waals surface area contributed by atoms with Gasteiger partial charge in [-0.15, -0.1) is 0 Å². The summed E-state index contributed by atoms with van der Waals surface area (Å²) in [6.45, 7) is 7.79. The Balaban J connectivity index is 3.08. The van der Waals surface area contributed by atoms with Crippen molar-refractivity contribution in [2.75, 3.05) is 0 Å². The third-order valence-corrected chi connectivity index (χ3v) is 3.45. The summed E-state index contributed by atoms with van der Waals surface area (Å²) in [5.74, 6) is 0. The van der Waals surface area contributed by atoms with E-state index in [9.17, 15) is 10.2 Å². The molecule has 2 nitrogen and oxygen atoms in total. The molecule has 1 unspecified atom stereocenters. The number of aliphatic hydroxyl groups is 2. The Morgan fingerprint density at radius 2 is 1.75 bits per heavy atom. The van der Waals surface area contributed by atoms with E-state index < -0.39 is 11.7 Å². The van der Waals surface area contributed by atoms with Gasteiger partial charge in [0.25, 0.3) is 0 Å². The van der Waals surface area contributed by atoms with Crippen LogP contribution in [-0.2, 0) is 0 Å². The first-order chi connectivity index (χ1) is 7.44. The molecule has 0 aliphatic rings. The molecule has 0 aliphatic carbocycles. The van der Waals surface area contributed by atoms with E-state index in [1.54, 1.807) is 0 Å². The van der Waals surface area contributed by atoms with Crippen molar-refractivity contribution >= 4 is 0 Å². The SMILES string of the molecule is CCC(O)(CC)C(O)c1ccc(C)cc1C. The van der Waals surface area contributed by atoms with Crippen LogP contribution in [0.25, 0.3) is 0 Å². The highest BCUT2D eigenvalue weighted by atomic mass is 16.3. The van der Waals surface area contributed by atoms with Crippen LogP contribution in [0.15, 0.2) is 18.2 Å². The summed E-state index contributed by atoms with van der Waals surface area (Å²) >= 11 is 0. The van der Waals surface area contributed by atoms with Gasteiger partial charge in [0.05, 0.1) is 5.60 Å². The maximum Gasteiger partial charge on any atom is 0.108 e. The summed E-state index contributed by atoms with van der Waals surface area (Å²) in [4.78, 5) is 0. The molecule has 1 rings (SSSR count). The zero-order chi connectivity index (χ0) is 12.3. The van der Waals surface area contributed by atoms with Crippen molar-refractivity contribution in [1.29, 1.82) is 0 Å². The highest BCUT2D eigenvalue weighted by Gasteiger charge is 2.33. The lowest BCUT2D eigenvalue weighted by Crippen LogP contribution is -2.35. The maximum absolute atomic E-state index is 10.3. The quantitative estimate of drug-likeness (QED) is 0.822. The van der Waals surface area contributed by atoms with Gasteiger partial charge in [-0.3, -0.25) is 0 Å². The lowest BCUT2D eigenvalue weighted by atomic mass is 9.84. The molecule has 2 N–H and O–H groups in total. The fraction of sp³-hybridized carbons (Fsp3) is 0.571. The zero-order valence-corrected chi connectivity index (χ0v) is 10.6. The first-order valence-corrected chi connectivity index (χ1v) is 5.92. The molecule has 2 heteroatoms. The molecule has 0 fully saturated rings. The van der Waals surface area contributed by atoms with Crippen molar-refractivity contribution in [2.45, 2.75) is 52.2 Å². The molecule has 0 aliphatic heterocycles. The predicted octanol–water partition coefficient (Wildman–Crippen LogP) is 2.89. The van der Waals surface area contributed by atoms with E-state index in [1.807, 2.05) is 45.9 Å². The van der Waals surface area contributed by atoms with E-state index in [4.69, 9.17) is 0 Å². The summed E-state index contributed by atoms with van der Waals surface area (Å²) in [6, 6.07) is 5.91. The van der Waals surface area contributed by atoms with Gasteiger partial charge in [0.2, 0.25) is 0 Å². The predicted molar refractivity (Wildman–Crippen MR) is 66.4 cm³/mol. The van der Waals surface area contributed by atoms with Crippen LogP contribution in [-0.4, -0.2) is 15.8 Å². The highest BCUT2D eigenvalue weighted by Crippen LogP contribution is 2.33. The van der Waals surface area contributed by atoms with Crippen molar-refractivity contribution in [1.82, 2.24) is 0 Å². The summed E-state index contributed by atoms with van der Waals surface area (Å²) in [7, 11) is 0. The lowest BCUT2D eigenvalue weighted by molar-refractivity contribution is -0.0823. The number of hydrogen-bond donors (Lipinski definition) is 2. The van der Waals surface area contributed by atoms with Crippen LogP contribution in [0.2, 0.25) is 0 Å². The van der Waals surface area contributed by atoms with Crippen LogP contribution in [0, 0.1) is 13.8 Å². The monoisotopic (exact) mass is 222 g/mol. The molecule has 0 saturated heterocycles. The van der Waals surface area contributed by atoms with Gasteiger partial charge in [0.1, 0.15) is 6.10 Å². The number of aliphatic hydroxyl groups excluding tert-OH is 1. The summed E-state index contributed by atoms with van der Waals surface area (Å²) in [5, 5.41) is 20.6. The second kappa shape index (κ2) is 4.98. The molecule has 1 aromatic rings. The Morgan fingerprint density at radius 1 is 1.19 bits per heavy atom. The molecule has 0 saturated carbocycles. The topological polar surface area (TPSA) is 40.5 Å². The summed E-state index contributed by atoms with van der Waals surface area (Å²) in [6.07, 6.45) is 0.304. The molecule has 1 aromatic carbocycles. The Kier molecular flexibility index (Phi) is 4.11. The molecule has 0 heterocycles. The molecule has 0 aromatic heterocycles. The van der Waals surface area contributed by atoms with Crippen molar-refractivity contribution < 1.29 is 10.2 Å². The van der Waals surface area contributed by atoms with Crippen molar-refractivity contribution in [3.8, 4) is 0 Å². The van der Waals surface area contributed by atoms with Crippen LogP contribution < -0.4 is 0 Å². The molecule has 16 heavy (non-hydrogen) atoms. The number of hydrogen-bond acceptors (Lipinski definition) is 2. The average molecular weight is 222 g/mol. The molecule has 0 amide bonds. The third-order valence-electron chi connectivity index (χ3n) is 3.45. The first-order valence-electron chi connectivity index (χ1n) is 5.92. The van der Waals surface area contributed by atoms with Crippen molar-refractivity contribution in [2.24, 2.45) is 0 Å². The van der Waals surface area contributed by atoms with Gasteiger partial charge in [-0.2, -0.15) is 0 Å². The van der Waals surface area contributed by atoms with Crippen LogP contribution in [0.5, 0.6) is 0 Å². The number of benzene rings is 1. The highest BCUT2D eigenvalue weighted by molar-refractivity contribution is 5.33. The van der Waals surface area contributed by atoms with Gasteiger partial charge in [-0.05, 0) is 37.8 Å². The van der Waals surface area contributed by atoms with Crippen LogP contribution in [0.4, 0.5) is 0 Å². The molecule has 90 valence electrons. The fourth-order valence-electron chi connectivity index (χ4n) is 2.06. The summed E-state index contributed by atoms with van der Waals surface area (Å²) < 4.78 is 0. The largest absolute Gasteiger partial charge is 0.387 e. The first kappa shape index (κ1) is 13.2. The Morgan fingerprint density at radius 3 is 2.19 bits per heavy atom. The Labute approximate surface area is 97.9 Å². The fourth-order valence-corrected chi connectivity index (χ4v) is 2.06. The van der Waals surface area contributed by atoms with Gasteiger partial charge in [0, 0.05) is 0 Å². The molecule has 0 radical (unpaired) electrons. The standard InChI is InChI=1S/C14H22O2/c1-5-14(16,6-2)13(15)12-8-7-10(3)9-11(12)4/h7-9,13,15-16H,5-6H2,1-4H3. The summed E-state index contributed by atoms with van der Waals surface area (Å²) in [5.41, 5.74) is 2.02. The minimum atomic E-state index is -1.01. The maximum atomic E-state index is 10.3. The second-order valence-corrected chi connectivity index (χ2v) is 4.57. The van der Waals surface area contributed by atoms with Crippen LogP contribution in [0.1, 0.15) is 49.5 Å². The molecule has 1 atom stereocenters. The van der Waals surface area contributed by atoms with Crippen LogP contribution in [0.3, 0.4) is 0 Å². The van der Waals surface area contributed by atoms with E-state index >= 15 is 0 Å². The third kappa shape index (κ3) is 2.45. The van der Waals surface area contributed by atoms with E-state index in [1.165, 1.54) is 5.56 Å². The van der Waals surface area contributed by atoms with Crippen molar-refractivity contribution in [3.05, 3.63) is 34.9 Å². The smallest absolute Gasteiger partial charge is 0.108 e. The van der Waals surface area contributed by atoms with Gasteiger partial charge < -0.3 is 10.2 Å². The number of rotatable bonds is 4. The Bertz CT molecular complexity index is 354. The molecule has 0 bridgehead atoms. The lowest BCUT2D eigenvalue weighted by Gasteiger charge is -2.32. The van der Waals surface area contributed by atoms with Crippen LogP contribution >= 0.6 is 0 Å².